The number of aryl methyl sites for hydroxylation is 2. The molecule has 0 spiro atoms. The van der Waals surface area contributed by atoms with Crippen molar-refractivity contribution in [3.63, 3.8) is 0 Å². The summed E-state index contributed by atoms with van der Waals surface area (Å²) in [7, 11) is 1.74. The minimum atomic E-state index is -0.866. The van der Waals surface area contributed by atoms with Gasteiger partial charge in [0.15, 0.2) is 0 Å². The van der Waals surface area contributed by atoms with Crippen molar-refractivity contribution in [1.82, 2.24) is 20.6 Å². The van der Waals surface area contributed by atoms with E-state index in [1.807, 2.05) is 39.0 Å². The number of carbonyl (C=O) groups is 1. The van der Waals surface area contributed by atoms with Gasteiger partial charge in [-0.05, 0) is 64.1 Å². The van der Waals surface area contributed by atoms with Gasteiger partial charge in [0.1, 0.15) is 29.0 Å². The van der Waals surface area contributed by atoms with Crippen LogP contribution in [0.2, 0.25) is 0 Å². The van der Waals surface area contributed by atoms with E-state index < -0.39 is 17.3 Å². The number of hydrogen-bond acceptors (Lipinski definition) is 5. The number of amides is 1. The van der Waals surface area contributed by atoms with E-state index >= 15 is 0 Å². The van der Waals surface area contributed by atoms with Gasteiger partial charge >= 0.3 is 0 Å². The summed E-state index contributed by atoms with van der Waals surface area (Å²) in [6.45, 7) is 12.1. The first-order chi connectivity index (χ1) is 16.2. The zero-order valence-corrected chi connectivity index (χ0v) is 20.0. The van der Waals surface area contributed by atoms with Crippen LogP contribution in [-0.4, -0.2) is 29.5 Å². The molecule has 1 amide bonds. The second-order valence-electron chi connectivity index (χ2n) is 8.30. The molecule has 178 valence electrons. The Morgan fingerprint density at radius 3 is 2.41 bits per heavy atom. The van der Waals surface area contributed by atoms with Crippen LogP contribution >= 0.6 is 0 Å². The summed E-state index contributed by atoms with van der Waals surface area (Å²) in [4.78, 5) is 22.1. The lowest BCUT2D eigenvalue weighted by Crippen LogP contribution is -2.23. The molecule has 0 unspecified atom stereocenters. The van der Waals surface area contributed by atoms with Gasteiger partial charge in [-0.25, -0.2) is 18.7 Å². The predicted molar refractivity (Wildman–Crippen MR) is 132 cm³/mol. The molecule has 1 aromatic heterocycles. The van der Waals surface area contributed by atoms with Gasteiger partial charge in [-0.15, -0.1) is 0 Å². The Kier molecular flexibility index (Phi) is 7.73. The first-order valence-corrected chi connectivity index (χ1v) is 10.9. The molecule has 0 atom stereocenters. The number of para-hydroxylation sites is 1. The van der Waals surface area contributed by atoms with Crippen LogP contribution in [0.25, 0.3) is 17.0 Å². The first-order valence-electron chi connectivity index (χ1n) is 10.9. The molecule has 3 aromatic rings. The van der Waals surface area contributed by atoms with Gasteiger partial charge < -0.3 is 10.6 Å². The Morgan fingerprint density at radius 2 is 1.82 bits per heavy atom. The number of benzene rings is 2. The summed E-state index contributed by atoms with van der Waals surface area (Å²) in [5.41, 5.74) is 4.01. The summed E-state index contributed by atoms with van der Waals surface area (Å²) in [5.74, 6) is -1.26. The number of nitrogens with zero attached hydrogens (tertiary/aromatic N) is 3. The standard InChI is InChI=1S/C26H29F2N5O/c1-15(2)30-17(4)19-11-10-16(3)20(12-19)24-21(13-29-6)26(32-18(5)31-24)33(14-34)25-22(27)8-7-9-23(25)28/h7-12,14-15,29-30H,4,13H2,1-3,5-6H3. The molecule has 2 N–H and O–H groups in total. The number of hydrogen-bond donors (Lipinski definition) is 2. The Bertz CT molecular complexity index is 1210. The van der Waals surface area contributed by atoms with E-state index in [0.717, 1.165) is 39.4 Å². The summed E-state index contributed by atoms with van der Waals surface area (Å²) in [5, 5.41) is 6.36. The van der Waals surface area contributed by atoms with E-state index in [0.29, 0.717) is 23.5 Å². The molecule has 0 aliphatic heterocycles. The summed E-state index contributed by atoms with van der Waals surface area (Å²) in [6, 6.07) is 9.55. The van der Waals surface area contributed by atoms with Crippen LogP contribution in [0.4, 0.5) is 20.3 Å². The maximum absolute atomic E-state index is 14.6. The van der Waals surface area contributed by atoms with Crippen molar-refractivity contribution in [3.8, 4) is 11.3 Å². The van der Waals surface area contributed by atoms with Crippen molar-refractivity contribution in [2.24, 2.45) is 0 Å². The Balaban J connectivity index is 2.27. The smallest absolute Gasteiger partial charge is 0.220 e. The highest BCUT2D eigenvalue weighted by Crippen LogP contribution is 2.36. The molecular weight excluding hydrogens is 436 g/mol. The number of aromatic nitrogens is 2. The van der Waals surface area contributed by atoms with Crippen LogP contribution in [0.1, 0.15) is 36.4 Å². The molecule has 1 heterocycles. The molecule has 0 saturated heterocycles. The molecule has 8 heteroatoms. The molecule has 0 saturated carbocycles. The highest BCUT2D eigenvalue weighted by atomic mass is 19.1. The minimum Gasteiger partial charge on any atom is -0.383 e. The Hall–Kier alpha value is -3.65. The molecule has 2 aromatic carbocycles. The van der Waals surface area contributed by atoms with Gasteiger partial charge in [-0.1, -0.05) is 24.8 Å². The fourth-order valence-corrected chi connectivity index (χ4v) is 3.77. The van der Waals surface area contributed by atoms with Crippen LogP contribution < -0.4 is 15.5 Å². The third-order valence-electron chi connectivity index (χ3n) is 5.27. The fourth-order valence-electron chi connectivity index (χ4n) is 3.77. The van der Waals surface area contributed by atoms with Gasteiger partial charge in [0.2, 0.25) is 6.41 Å². The van der Waals surface area contributed by atoms with Crippen LogP contribution in [0.15, 0.2) is 43.0 Å². The summed E-state index contributed by atoms with van der Waals surface area (Å²) in [6.07, 6.45) is 0.365. The average Bonchev–Trinajstić information content (AvgIpc) is 2.77. The largest absolute Gasteiger partial charge is 0.383 e. The third-order valence-corrected chi connectivity index (χ3v) is 5.27. The predicted octanol–water partition coefficient (Wildman–Crippen LogP) is 5.02. The van der Waals surface area contributed by atoms with Crippen molar-refractivity contribution in [3.05, 3.63) is 77.1 Å². The first kappa shape index (κ1) is 25.0. The normalized spacial score (nSPS) is 10.9. The lowest BCUT2D eigenvalue weighted by atomic mass is 9.97. The number of anilines is 2. The summed E-state index contributed by atoms with van der Waals surface area (Å²) < 4.78 is 29.2. The molecule has 6 nitrogen and oxygen atoms in total. The van der Waals surface area contributed by atoms with Crippen molar-refractivity contribution in [2.75, 3.05) is 11.9 Å². The summed E-state index contributed by atoms with van der Waals surface area (Å²) >= 11 is 0. The van der Waals surface area contributed by atoms with Gasteiger partial charge in [0.25, 0.3) is 0 Å². The average molecular weight is 466 g/mol. The van der Waals surface area contributed by atoms with Crippen LogP contribution in [0.5, 0.6) is 0 Å². The minimum absolute atomic E-state index is 0.111. The van der Waals surface area contributed by atoms with E-state index in [4.69, 9.17) is 0 Å². The van der Waals surface area contributed by atoms with Crippen LogP contribution in [-0.2, 0) is 11.3 Å². The van der Waals surface area contributed by atoms with E-state index in [1.165, 1.54) is 6.07 Å². The van der Waals surface area contributed by atoms with E-state index in [-0.39, 0.29) is 18.4 Å². The quantitative estimate of drug-likeness (QED) is 0.434. The lowest BCUT2D eigenvalue weighted by molar-refractivity contribution is -0.106. The zero-order chi connectivity index (χ0) is 25.0. The van der Waals surface area contributed by atoms with E-state index in [9.17, 15) is 13.6 Å². The van der Waals surface area contributed by atoms with Gasteiger partial charge in [-0.2, -0.15) is 0 Å². The lowest BCUT2D eigenvalue weighted by Gasteiger charge is -2.23. The molecular formula is C26H29F2N5O. The maximum Gasteiger partial charge on any atom is 0.220 e. The van der Waals surface area contributed by atoms with Gasteiger partial charge in [0.05, 0.1) is 5.69 Å². The van der Waals surface area contributed by atoms with Crippen molar-refractivity contribution in [2.45, 2.75) is 40.3 Å². The van der Waals surface area contributed by atoms with Crippen molar-refractivity contribution < 1.29 is 13.6 Å². The highest BCUT2D eigenvalue weighted by Gasteiger charge is 2.25. The van der Waals surface area contributed by atoms with E-state index in [2.05, 4.69) is 27.2 Å². The zero-order valence-electron chi connectivity index (χ0n) is 20.0. The number of halogens is 2. The highest BCUT2D eigenvalue weighted by molar-refractivity contribution is 5.89. The second kappa shape index (κ2) is 10.5. The molecule has 0 radical (unpaired) electrons. The maximum atomic E-state index is 14.6. The van der Waals surface area contributed by atoms with Crippen molar-refractivity contribution >= 4 is 23.6 Å². The van der Waals surface area contributed by atoms with Crippen LogP contribution in [0.3, 0.4) is 0 Å². The molecule has 0 bridgehead atoms. The van der Waals surface area contributed by atoms with E-state index in [1.54, 1.807) is 14.0 Å². The molecule has 0 aliphatic rings. The molecule has 3 rings (SSSR count). The van der Waals surface area contributed by atoms with Gasteiger partial charge in [-0.3, -0.25) is 9.69 Å². The molecule has 34 heavy (non-hydrogen) atoms. The monoisotopic (exact) mass is 465 g/mol. The Morgan fingerprint density at radius 1 is 1.15 bits per heavy atom. The van der Waals surface area contributed by atoms with Crippen LogP contribution in [0, 0.1) is 25.5 Å². The molecule has 0 aliphatic carbocycles. The SMILES string of the molecule is C=C(NC(C)C)c1ccc(C)c(-c2nc(C)nc(N(C=O)c3c(F)cccc3F)c2CNC)c1. The second-order valence-corrected chi connectivity index (χ2v) is 8.30. The topological polar surface area (TPSA) is 70.2 Å². The van der Waals surface area contributed by atoms with Gasteiger partial charge in [0, 0.05) is 29.4 Å². The van der Waals surface area contributed by atoms with Crippen molar-refractivity contribution in [1.29, 1.82) is 0 Å². The third kappa shape index (κ3) is 5.12. The number of carbonyl (C=O) groups excluding carboxylic acids is 1. The number of nitrogens with one attached hydrogen (secondary N) is 2. The Labute approximate surface area is 198 Å². The number of rotatable bonds is 9. The fraction of sp³-hybridized carbons (Fsp3) is 0.269. The molecule has 0 fully saturated rings.